The first-order valence-corrected chi connectivity index (χ1v) is 8.82. The van der Waals surface area contributed by atoms with Gasteiger partial charge in [-0.2, -0.15) is 0 Å². The first-order chi connectivity index (χ1) is 10.0. The Bertz CT molecular complexity index is 630. The maximum absolute atomic E-state index is 14.0. The van der Waals surface area contributed by atoms with Gasteiger partial charge in [-0.3, -0.25) is 0 Å². The fourth-order valence-corrected chi connectivity index (χ4v) is 3.54. The molecule has 0 bridgehead atoms. The Balaban J connectivity index is 2.35. The molecule has 0 heterocycles. The maximum Gasteiger partial charge on any atom is 0.126 e. The van der Waals surface area contributed by atoms with Gasteiger partial charge in [-0.1, -0.05) is 41.1 Å². The van der Waals surface area contributed by atoms with E-state index in [1.54, 1.807) is 6.07 Å². The predicted octanol–water partition coefficient (Wildman–Crippen LogP) is 5.39. The van der Waals surface area contributed by atoms with Gasteiger partial charge >= 0.3 is 0 Å². The van der Waals surface area contributed by atoms with Crippen molar-refractivity contribution in [2.75, 3.05) is 6.54 Å². The van der Waals surface area contributed by atoms with E-state index < -0.39 is 0 Å². The third-order valence-electron chi connectivity index (χ3n) is 3.48. The molecule has 0 aliphatic carbocycles. The molecule has 0 aliphatic heterocycles. The van der Waals surface area contributed by atoms with Crippen LogP contribution in [0, 0.1) is 16.3 Å². The van der Waals surface area contributed by atoms with Crippen molar-refractivity contribution in [3.05, 3.63) is 66.9 Å². The summed E-state index contributed by atoms with van der Waals surface area (Å²) in [5.41, 5.74) is 3.22. The van der Waals surface area contributed by atoms with E-state index in [9.17, 15) is 4.39 Å². The van der Waals surface area contributed by atoms with Crippen LogP contribution in [0.3, 0.4) is 0 Å². The van der Waals surface area contributed by atoms with Gasteiger partial charge in [0.1, 0.15) is 5.82 Å². The van der Waals surface area contributed by atoms with E-state index in [4.69, 9.17) is 0 Å². The molecular weight excluding hydrogens is 444 g/mol. The van der Waals surface area contributed by atoms with Gasteiger partial charge in [-0.25, -0.2) is 4.39 Å². The number of nitrogens with one attached hydrogen (secondary N) is 1. The van der Waals surface area contributed by atoms with Gasteiger partial charge in [0.2, 0.25) is 0 Å². The average molecular weight is 462 g/mol. The quantitative estimate of drug-likeness (QED) is 0.588. The van der Waals surface area contributed by atoms with E-state index >= 15 is 0 Å². The number of rotatable bonds is 5. The molecular formula is C17H18BrFIN. The van der Waals surface area contributed by atoms with Crippen molar-refractivity contribution < 1.29 is 4.39 Å². The van der Waals surface area contributed by atoms with Crippen molar-refractivity contribution in [3.63, 3.8) is 0 Å². The van der Waals surface area contributed by atoms with Gasteiger partial charge in [0, 0.05) is 14.1 Å². The van der Waals surface area contributed by atoms with Crippen molar-refractivity contribution in [1.82, 2.24) is 5.32 Å². The lowest BCUT2D eigenvalue weighted by molar-refractivity contribution is 0.526. The molecule has 1 N–H and O–H groups in total. The number of likely N-dealkylation sites (N-methyl/N-ethyl adjacent to an activating group) is 1. The average Bonchev–Trinajstić information content (AvgIpc) is 2.45. The first-order valence-electron chi connectivity index (χ1n) is 6.95. The lowest BCUT2D eigenvalue weighted by Gasteiger charge is -2.21. The number of benzene rings is 2. The molecule has 4 heteroatoms. The SMILES string of the molecule is CCNC(Cc1cc(Br)ccc1F)c1cccc(C)c1I. The molecule has 0 aliphatic rings. The van der Waals surface area contributed by atoms with E-state index in [0.29, 0.717) is 6.42 Å². The highest BCUT2D eigenvalue weighted by Crippen LogP contribution is 2.27. The molecule has 0 saturated carbocycles. The second-order valence-corrected chi connectivity index (χ2v) is 7.02. The third-order valence-corrected chi connectivity index (χ3v) is 5.45. The molecule has 0 fully saturated rings. The third kappa shape index (κ3) is 4.27. The van der Waals surface area contributed by atoms with Gasteiger partial charge in [-0.05, 0) is 77.4 Å². The van der Waals surface area contributed by atoms with Crippen LogP contribution in [0.1, 0.15) is 29.7 Å². The largest absolute Gasteiger partial charge is 0.310 e. The normalized spacial score (nSPS) is 12.4. The van der Waals surface area contributed by atoms with Crippen molar-refractivity contribution >= 4 is 38.5 Å². The van der Waals surface area contributed by atoms with E-state index in [1.807, 2.05) is 6.07 Å². The van der Waals surface area contributed by atoms with Gasteiger partial charge in [0.25, 0.3) is 0 Å². The van der Waals surface area contributed by atoms with Crippen LogP contribution < -0.4 is 5.32 Å². The molecule has 2 aromatic rings. The van der Waals surface area contributed by atoms with Crippen LogP contribution in [0.15, 0.2) is 40.9 Å². The summed E-state index contributed by atoms with van der Waals surface area (Å²) in [6.45, 7) is 5.03. The molecule has 112 valence electrons. The fraction of sp³-hybridized carbons (Fsp3) is 0.294. The van der Waals surface area contributed by atoms with Crippen LogP contribution >= 0.6 is 38.5 Å². The highest BCUT2D eigenvalue weighted by molar-refractivity contribution is 14.1. The second-order valence-electron chi connectivity index (χ2n) is 5.03. The summed E-state index contributed by atoms with van der Waals surface area (Å²) < 4.78 is 16.2. The minimum absolute atomic E-state index is 0.116. The molecule has 0 saturated heterocycles. The van der Waals surface area contributed by atoms with Gasteiger partial charge in [0.15, 0.2) is 0 Å². The zero-order valence-electron chi connectivity index (χ0n) is 12.1. The monoisotopic (exact) mass is 461 g/mol. The van der Waals surface area contributed by atoms with Gasteiger partial charge in [-0.15, -0.1) is 0 Å². The van der Waals surface area contributed by atoms with E-state index in [-0.39, 0.29) is 11.9 Å². The molecule has 0 radical (unpaired) electrons. The zero-order valence-corrected chi connectivity index (χ0v) is 15.8. The van der Waals surface area contributed by atoms with Crippen molar-refractivity contribution in [1.29, 1.82) is 0 Å². The van der Waals surface area contributed by atoms with Crippen LogP contribution in [0.5, 0.6) is 0 Å². The summed E-state index contributed by atoms with van der Waals surface area (Å²) in [4.78, 5) is 0. The summed E-state index contributed by atoms with van der Waals surface area (Å²) in [6, 6.07) is 11.5. The minimum Gasteiger partial charge on any atom is -0.310 e. The van der Waals surface area contributed by atoms with Gasteiger partial charge < -0.3 is 5.32 Å². The van der Waals surface area contributed by atoms with Crippen molar-refractivity contribution in [2.45, 2.75) is 26.3 Å². The number of aryl methyl sites for hydroxylation is 1. The number of hydrogen-bond acceptors (Lipinski definition) is 1. The fourth-order valence-electron chi connectivity index (χ4n) is 2.40. The minimum atomic E-state index is -0.149. The summed E-state index contributed by atoms with van der Waals surface area (Å²) in [5.74, 6) is -0.149. The molecule has 2 rings (SSSR count). The standard InChI is InChI=1S/C17H18BrFIN/c1-3-21-16(14-6-4-5-11(2)17(14)20)10-12-9-13(18)7-8-15(12)19/h4-9,16,21H,3,10H2,1-2H3. The Labute approximate surface area is 147 Å². The van der Waals surface area contributed by atoms with Crippen molar-refractivity contribution in [3.8, 4) is 0 Å². The van der Waals surface area contributed by atoms with Crippen LogP contribution in [-0.2, 0) is 6.42 Å². The second kappa shape index (κ2) is 7.70. The highest BCUT2D eigenvalue weighted by atomic mass is 127. The van der Waals surface area contributed by atoms with Crippen LogP contribution in [0.25, 0.3) is 0 Å². The Morgan fingerprint density at radius 1 is 1.29 bits per heavy atom. The Morgan fingerprint density at radius 3 is 2.76 bits per heavy atom. The molecule has 1 atom stereocenters. The number of hydrogen-bond donors (Lipinski definition) is 1. The Morgan fingerprint density at radius 2 is 2.05 bits per heavy atom. The summed E-state index contributed by atoms with van der Waals surface area (Å²) in [6.07, 6.45) is 0.637. The van der Waals surface area contributed by atoms with Gasteiger partial charge in [0.05, 0.1) is 0 Å². The highest BCUT2D eigenvalue weighted by Gasteiger charge is 2.17. The predicted molar refractivity (Wildman–Crippen MR) is 98.1 cm³/mol. The van der Waals surface area contributed by atoms with E-state index in [1.165, 1.54) is 20.8 Å². The topological polar surface area (TPSA) is 12.0 Å². The Kier molecular flexibility index (Phi) is 6.20. The molecule has 0 aromatic heterocycles. The van der Waals surface area contributed by atoms with Crippen molar-refractivity contribution in [2.24, 2.45) is 0 Å². The Hall–Kier alpha value is -0.460. The smallest absolute Gasteiger partial charge is 0.126 e. The lowest BCUT2D eigenvalue weighted by atomic mass is 9.97. The van der Waals surface area contributed by atoms with E-state index in [2.05, 4.69) is 75.9 Å². The summed E-state index contributed by atoms with van der Waals surface area (Å²) in [7, 11) is 0. The molecule has 0 amide bonds. The maximum atomic E-state index is 14.0. The summed E-state index contributed by atoms with van der Waals surface area (Å²) >= 11 is 5.79. The zero-order chi connectivity index (χ0) is 15.4. The van der Waals surface area contributed by atoms with Crippen LogP contribution in [0.2, 0.25) is 0 Å². The lowest BCUT2D eigenvalue weighted by Crippen LogP contribution is -2.24. The number of halogens is 3. The molecule has 1 unspecified atom stereocenters. The molecule has 1 nitrogen and oxygen atoms in total. The van der Waals surface area contributed by atoms with Crippen LogP contribution in [-0.4, -0.2) is 6.54 Å². The molecule has 2 aromatic carbocycles. The summed E-state index contributed by atoms with van der Waals surface area (Å²) in [5, 5.41) is 3.48. The van der Waals surface area contributed by atoms with E-state index in [0.717, 1.165) is 16.6 Å². The molecule has 21 heavy (non-hydrogen) atoms. The van der Waals surface area contributed by atoms with Crippen LogP contribution in [0.4, 0.5) is 4.39 Å². The molecule has 0 spiro atoms. The first kappa shape index (κ1) is 16.9.